The number of rotatable bonds is 7. The summed E-state index contributed by atoms with van der Waals surface area (Å²) in [6.07, 6.45) is -0.745. The first-order chi connectivity index (χ1) is 9.38. The molecule has 0 spiro atoms. The molecule has 112 valence electrons. The Balaban J connectivity index is 2.71. The van der Waals surface area contributed by atoms with E-state index >= 15 is 0 Å². The summed E-state index contributed by atoms with van der Waals surface area (Å²) in [5, 5.41) is 12.2. The molecule has 1 atom stereocenters. The predicted octanol–water partition coefficient (Wildman–Crippen LogP) is 0.961. The number of Topliss-reactive ketones (excluding diaryl/α,β-unsaturated/α-hetero) is 1. The Labute approximate surface area is 118 Å². The summed E-state index contributed by atoms with van der Waals surface area (Å²) in [4.78, 5) is 26.4. The highest BCUT2D eigenvalue weighted by Gasteiger charge is 2.20. The molecule has 6 nitrogen and oxygen atoms in total. The minimum atomic E-state index is -0.745. The van der Waals surface area contributed by atoms with Crippen molar-refractivity contribution in [1.82, 2.24) is 10.3 Å². The van der Waals surface area contributed by atoms with Crippen LogP contribution >= 0.6 is 0 Å². The number of carbonyl (C=O) groups excluding carboxylic acids is 2. The lowest BCUT2D eigenvalue weighted by Gasteiger charge is -2.12. The first kappa shape index (κ1) is 16.4. The fourth-order valence-corrected chi connectivity index (χ4v) is 2.05. The molecule has 0 aliphatic rings. The molecule has 6 heteroatoms. The monoisotopic (exact) mass is 282 g/mol. The van der Waals surface area contributed by atoms with Gasteiger partial charge in [-0.25, -0.2) is 0 Å². The van der Waals surface area contributed by atoms with Crippen molar-refractivity contribution in [3.63, 3.8) is 0 Å². The summed E-state index contributed by atoms with van der Waals surface area (Å²) in [5.74, 6) is -0.416. The third-order valence-corrected chi connectivity index (χ3v) is 3.03. The first-order valence-electron chi connectivity index (χ1n) is 6.62. The van der Waals surface area contributed by atoms with Crippen LogP contribution in [0.25, 0.3) is 0 Å². The van der Waals surface area contributed by atoms with Crippen LogP contribution in [-0.4, -0.2) is 47.6 Å². The van der Waals surface area contributed by atoms with E-state index in [0.717, 1.165) is 0 Å². The number of aromatic nitrogens is 1. The molecule has 1 unspecified atom stereocenters. The minimum absolute atomic E-state index is 0.109. The SMILES string of the molecule is CCOCC(O)CNC(=O)c1c(C)[nH]c(C(C)=O)c1C. The Morgan fingerprint density at radius 3 is 2.55 bits per heavy atom. The van der Waals surface area contributed by atoms with Gasteiger partial charge in [-0.1, -0.05) is 0 Å². The van der Waals surface area contributed by atoms with Crippen LogP contribution in [0.2, 0.25) is 0 Å². The maximum absolute atomic E-state index is 12.1. The molecule has 1 aromatic heterocycles. The molecule has 0 aliphatic carbocycles. The van der Waals surface area contributed by atoms with Gasteiger partial charge in [0, 0.05) is 25.8 Å². The van der Waals surface area contributed by atoms with E-state index in [1.54, 1.807) is 13.8 Å². The maximum Gasteiger partial charge on any atom is 0.253 e. The van der Waals surface area contributed by atoms with E-state index in [1.807, 2.05) is 6.92 Å². The van der Waals surface area contributed by atoms with Crippen molar-refractivity contribution in [2.24, 2.45) is 0 Å². The Morgan fingerprint density at radius 1 is 1.40 bits per heavy atom. The van der Waals surface area contributed by atoms with Crippen molar-refractivity contribution < 1.29 is 19.4 Å². The molecular weight excluding hydrogens is 260 g/mol. The van der Waals surface area contributed by atoms with Crippen molar-refractivity contribution in [1.29, 1.82) is 0 Å². The second-order valence-electron chi connectivity index (χ2n) is 4.70. The van der Waals surface area contributed by atoms with Gasteiger partial charge in [0.05, 0.1) is 24.0 Å². The van der Waals surface area contributed by atoms with Gasteiger partial charge in [-0.05, 0) is 26.3 Å². The molecule has 1 aromatic rings. The van der Waals surface area contributed by atoms with E-state index in [0.29, 0.717) is 29.1 Å². The van der Waals surface area contributed by atoms with Crippen LogP contribution in [0.1, 0.15) is 46.0 Å². The van der Waals surface area contributed by atoms with Gasteiger partial charge in [0.15, 0.2) is 5.78 Å². The molecule has 3 N–H and O–H groups in total. The molecule has 0 bridgehead atoms. The van der Waals surface area contributed by atoms with Crippen molar-refractivity contribution in [2.75, 3.05) is 19.8 Å². The smallest absolute Gasteiger partial charge is 0.253 e. The predicted molar refractivity (Wildman–Crippen MR) is 75.1 cm³/mol. The summed E-state index contributed by atoms with van der Waals surface area (Å²) in [6, 6.07) is 0. The number of hydrogen-bond donors (Lipinski definition) is 3. The molecule has 0 saturated carbocycles. The van der Waals surface area contributed by atoms with Crippen molar-refractivity contribution in [3.8, 4) is 0 Å². The minimum Gasteiger partial charge on any atom is -0.389 e. The van der Waals surface area contributed by atoms with Crippen LogP contribution in [0.3, 0.4) is 0 Å². The van der Waals surface area contributed by atoms with Crippen LogP contribution in [0.4, 0.5) is 0 Å². The maximum atomic E-state index is 12.1. The topological polar surface area (TPSA) is 91.4 Å². The number of aromatic amines is 1. The second-order valence-corrected chi connectivity index (χ2v) is 4.70. The highest BCUT2D eigenvalue weighted by atomic mass is 16.5. The first-order valence-corrected chi connectivity index (χ1v) is 6.62. The summed E-state index contributed by atoms with van der Waals surface area (Å²) >= 11 is 0. The van der Waals surface area contributed by atoms with Crippen LogP contribution in [0, 0.1) is 13.8 Å². The molecular formula is C14H22N2O4. The number of H-pyrrole nitrogens is 1. The Morgan fingerprint density at radius 2 is 2.05 bits per heavy atom. The lowest BCUT2D eigenvalue weighted by atomic mass is 10.1. The number of nitrogens with one attached hydrogen (secondary N) is 2. The normalized spacial score (nSPS) is 12.2. The summed E-state index contributed by atoms with van der Waals surface area (Å²) in [7, 11) is 0. The Kier molecular flexibility index (Phi) is 5.91. The van der Waals surface area contributed by atoms with E-state index < -0.39 is 6.10 Å². The fraction of sp³-hybridized carbons (Fsp3) is 0.571. The average Bonchev–Trinajstić information content (AvgIpc) is 2.69. The second kappa shape index (κ2) is 7.21. The van der Waals surface area contributed by atoms with E-state index in [4.69, 9.17) is 4.74 Å². The van der Waals surface area contributed by atoms with E-state index in [9.17, 15) is 14.7 Å². The van der Waals surface area contributed by atoms with Crippen LogP contribution in [-0.2, 0) is 4.74 Å². The van der Waals surface area contributed by atoms with Gasteiger partial charge in [-0.15, -0.1) is 0 Å². The van der Waals surface area contributed by atoms with Gasteiger partial charge in [0.25, 0.3) is 5.91 Å². The zero-order valence-corrected chi connectivity index (χ0v) is 12.4. The Bertz CT molecular complexity index is 494. The zero-order chi connectivity index (χ0) is 15.3. The zero-order valence-electron chi connectivity index (χ0n) is 12.4. The molecule has 1 heterocycles. The van der Waals surface area contributed by atoms with Gasteiger partial charge in [0.1, 0.15) is 0 Å². The number of ketones is 1. The molecule has 1 amide bonds. The number of carbonyl (C=O) groups is 2. The number of aliphatic hydroxyl groups excluding tert-OH is 1. The number of ether oxygens (including phenoxy) is 1. The third-order valence-electron chi connectivity index (χ3n) is 3.03. The average molecular weight is 282 g/mol. The number of aryl methyl sites for hydroxylation is 1. The van der Waals surface area contributed by atoms with Gasteiger partial charge in [-0.3, -0.25) is 9.59 Å². The standard InChI is InChI=1S/C14H22N2O4/c1-5-20-7-11(18)6-15-14(19)12-8(2)13(10(4)17)16-9(12)3/h11,16,18H,5-7H2,1-4H3,(H,15,19). The summed E-state index contributed by atoms with van der Waals surface area (Å²) in [5.41, 5.74) is 2.18. The number of hydrogen-bond acceptors (Lipinski definition) is 4. The molecule has 0 saturated heterocycles. The van der Waals surface area contributed by atoms with Gasteiger partial charge >= 0.3 is 0 Å². The molecule has 0 aromatic carbocycles. The molecule has 20 heavy (non-hydrogen) atoms. The van der Waals surface area contributed by atoms with Crippen LogP contribution < -0.4 is 5.32 Å². The molecule has 0 aliphatic heterocycles. The van der Waals surface area contributed by atoms with Crippen LogP contribution in [0.5, 0.6) is 0 Å². The number of amides is 1. The highest BCUT2D eigenvalue weighted by Crippen LogP contribution is 2.18. The van der Waals surface area contributed by atoms with Gasteiger partial charge in [0.2, 0.25) is 0 Å². The summed E-state index contributed by atoms with van der Waals surface area (Å²) in [6.45, 7) is 7.56. The van der Waals surface area contributed by atoms with Crippen molar-refractivity contribution in [3.05, 3.63) is 22.5 Å². The quantitative estimate of drug-likeness (QED) is 0.650. The lowest BCUT2D eigenvalue weighted by Crippen LogP contribution is -2.35. The van der Waals surface area contributed by atoms with Gasteiger partial charge < -0.3 is 20.1 Å². The third kappa shape index (κ3) is 3.91. The molecule has 0 fully saturated rings. The molecule has 1 rings (SSSR count). The van der Waals surface area contributed by atoms with Crippen LogP contribution in [0.15, 0.2) is 0 Å². The van der Waals surface area contributed by atoms with Gasteiger partial charge in [-0.2, -0.15) is 0 Å². The Hall–Kier alpha value is -1.66. The summed E-state index contributed by atoms with van der Waals surface area (Å²) < 4.78 is 5.06. The number of aliphatic hydroxyl groups is 1. The highest BCUT2D eigenvalue weighted by molar-refractivity contribution is 6.02. The lowest BCUT2D eigenvalue weighted by molar-refractivity contribution is 0.0418. The van der Waals surface area contributed by atoms with E-state index in [-0.39, 0.29) is 24.8 Å². The van der Waals surface area contributed by atoms with E-state index in [1.165, 1.54) is 6.92 Å². The fourth-order valence-electron chi connectivity index (χ4n) is 2.05. The van der Waals surface area contributed by atoms with Crippen molar-refractivity contribution in [2.45, 2.75) is 33.8 Å². The largest absolute Gasteiger partial charge is 0.389 e. The van der Waals surface area contributed by atoms with Crippen molar-refractivity contribution >= 4 is 11.7 Å². The molecule has 0 radical (unpaired) electrons. The van der Waals surface area contributed by atoms with E-state index in [2.05, 4.69) is 10.3 Å².